The van der Waals surface area contributed by atoms with Gasteiger partial charge in [0.1, 0.15) is 17.2 Å². The summed E-state index contributed by atoms with van der Waals surface area (Å²) in [5.41, 5.74) is 1.98. The Morgan fingerprint density at radius 2 is 1.89 bits per heavy atom. The van der Waals surface area contributed by atoms with E-state index >= 15 is 0 Å². The first kappa shape index (κ1) is 26.0. The van der Waals surface area contributed by atoms with E-state index in [1.165, 1.54) is 12.0 Å². The van der Waals surface area contributed by atoms with E-state index < -0.39 is 23.7 Å². The molecule has 0 spiro atoms. The third-order valence-electron chi connectivity index (χ3n) is 6.13. The number of benzene rings is 1. The van der Waals surface area contributed by atoms with Gasteiger partial charge in [-0.25, -0.2) is 4.79 Å². The molecule has 1 aromatic heterocycles. The lowest BCUT2D eigenvalue weighted by molar-refractivity contribution is -0.140. The van der Waals surface area contributed by atoms with Crippen molar-refractivity contribution < 1.29 is 29.0 Å². The van der Waals surface area contributed by atoms with Crippen LogP contribution in [0.25, 0.3) is 5.76 Å². The molecule has 9 heteroatoms. The van der Waals surface area contributed by atoms with Crippen molar-refractivity contribution in [3.05, 3.63) is 57.9 Å². The number of ether oxygens (including phenoxy) is 2. The predicted octanol–water partition coefficient (Wildman–Crippen LogP) is 3.19. The van der Waals surface area contributed by atoms with Crippen LogP contribution in [0, 0.1) is 13.8 Å². The molecule has 0 bridgehead atoms. The Labute approximate surface area is 205 Å². The van der Waals surface area contributed by atoms with Crippen molar-refractivity contribution in [2.75, 3.05) is 40.9 Å². The average molecular weight is 484 g/mol. The maximum Gasteiger partial charge on any atom is 0.355 e. The summed E-state index contributed by atoms with van der Waals surface area (Å²) < 4.78 is 10.6. The normalized spacial score (nSPS) is 17.3. The van der Waals surface area contributed by atoms with Gasteiger partial charge in [-0.3, -0.25) is 9.59 Å². The maximum atomic E-state index is 13.3. The minimum atomic E-state index is -0.840. The van der Waals surface area contributed by atoms with Gasteiger partial charge in [0.25, 0.3) is 11.7 Å². The van der Waals surface area contributed by atoms with Gasteiger partial charge in [0.15, 0.2) is 0 Å². The van der Waals surface area contributed by atoms with Crippen LogP contribution in [0.1, 0.15) is 52.3 Å². The number of hydrogen-bond donors (Lipinski definition) is 2. The quantitative estimate of drug-likeness (QED) is 0.244. The van der Waals surface area contributed by atoms with E-state index in [0.717, 1.165) is 6.54 Å². The van der Waals surface area contributed by atoms with Gasteiger partial charge in [-0.15, -0.1) is 0 Å². The number of hydrogen-bond acceptors (Lipinski definition) is 7. The van der Waals surface area contributed by atoms with Crippen LogP contribution in [-0.4, -0.2) is 78.5 Å². The van der Waals surface area contributed by atoms with Gasteiger partial charge in [-0.2, -0.15) is 0 Å². The van der Waals surface area contributed by atoms with E-state index in [1.54, 1.807) is 45.0 Å². The number of amides is 1. The smallest absolute Gasteiger partial charge is 0.355 e. The lowest BCUT2D eigenvalue weighted by Gasteiger charge is -2.27. The molecule has 1 amide bonds. The minimum Gasteiger partial charge on any atom is -0.507 e. The highest BCUT2D eigenvalue weighted by molar-refractivity contribution is 6.46. The number of aliphatic hydroxyl groups is 1. The molecule has 1 atom stereocenters. The third-order valence-corrected chi connectivity index (χ3v) is 6.13. The Bertz CT molecular complexity index is 1160. The molecule has 9 nitrogen and oxygen atoms in total. The van der Waals surface area contributed by atoms with Crippen molar-refractivity contribution >= 4 is 23.4 Å². The fourth-order valence-corrected chi connectivity index (χ4v) is 4.53. The Morgan fingerprint density at radius 3 is 2.51 bits per heavy atom. The number of methoxy groups -OCH3 is 1. The molecular weight excluding hydrogens is 450 g/mol. The van der Waals surface area contributed by atoms with Crippen molar-refractivity contribution in [2.24, 2.45) is 0 Å². The Kier molecular flexibility index (Phi) is 8.01. The van der Waals surface area contributed by atoms with E-state index in [2.05, 4.69) is 4.98 Å². The number of rotatable bonds is 9. The van der Waals surface area contributed by atoms with Gasteiger partial charge in [0, 0.05) is 23.4 Å². The number of nitrogens with one attached hydrogen (secondary N) is 1. The number of aromatic nitrogens is 1. The number of Topliss-reactive ketones (excluding diaryl/α,β-unsaturated/α-hetero) is 1. The molecule has 35 heavy (non-hydrogen) atoms. The zero-order valence-electron chi connectivity index (χ0n) is 21.1. The molecule has 1 aliphatic heterocycles. The number of aromatic amines is 1. The van der Waals surface area contributed by atoms with Crippen LogP contribution in [0.5, 0.6) is 5.75 Å². The molecule has 3 rings (SSSR count). The first-order valence-corrected chi connectivity index (χ1v) is 11.6. The number of ketones is 1. The summed E-state index contributed by atoms with van der Waals surface area (Å²) in [6, 6.07) is 6.28. The molecule has 1 aromatic carbocycles. The van der Waals surface area contributed by atoms with Gasteiger partial charge >= 0.3 is 5.97 Å². The summed E-state index contributed by atoms with van der Waals surface area (Å²) in [6.07, 6.45) is 0.640. The Hall–Kier alpha value is -3.59. The second-order valence-corrected chi connectivity index (χ2v) is 8.74. The zero-order chi connectivity index (χ0) is 25.9. The molecular formula is C26H33N3O6. The molecule has 1 unspecified atom stereocenters. The Morgan fingerprint density at radius 1 is 1.20 bits per heavy atom. The highest BCUT2D eigenvalue weighted by atomic mass is 16.5. The van der Waals surface area contributed by atoms with Gasteiger partial charge in [0.2, 0.25) is 0 Å². The first-order chi connectivity index (χ1) is 16.6. The summed E-state index contributed by atoms with van der Waals surface area (Å²) in [7, 11) is 5.39. The molecule has 2 aromatic rings. The topological polar surface area (TPSA) is 112 Å². The molecule has 0 radical (unpaired) electrons. The second-order valence-electron chi connectivity index (χ2n) is 8.74. The lowest BCUT2D eigenvalue weighted by Crippen LogP contribution is -2.32. The number of likely N-dealkylation sites (tertiary alicyclic amines) is 1. The van der Waals surface area contributed by atoms with Crippen molar-refractivity contribution in [1.82, 2.24) is 14.8 Å². The predicted molar refractivity (Wildman–Crippen MR) is 131 cm³/mol. The van der Waals surface area contributed by atoms with Crippen molar-refractivity contribution in [1.29, 1.82) is 0 Å². The average Bonchev–Trinajstić information content (AvgIpc) is 3.26. The van der Waals surface area contributed by atoms with E-state index in [1.807, 2.05) is 19.0 Å². The van der Waals surface area contributed by atoms with Crippen LogP contribution in [-0.2, 0) is 14.3 Å². The van der Waals surface area contributed by atoms with Crippen molar-refractivity contribution in [3.63, 3.8) is 0 Å². The molecule has 0 saturated carbocycles. The number of para-hydroxylation sites is 1. The Balaban J connectivity index is 2.20. The van der Waals surface area contributed by atoms with Crippen LogP contribution >= 0.6 is 0 Å². The van der Waals surface area contributed by atoms with Crippen LogP contribution < -0.4 is 4.74 Å². The van der Waals surface area contributed by atoms with E-state index in [-0.39, 0.29) is 23.6 Å². The summed E-state index contributed by atoms with van der Waals surface area (Å²) in [6.45, 7) is 6.30. The van der Waals surface area contributed by atoms with Gasteiger partial charge in [-0.1, -0.05) is 18.2 Å². The number of esters is 1. The summed E-state index contributed by atoms with van der Waals surface area (Å²) >= 11 is 0. The zero-order valence-corrected chi connectivity index (χ0v) is 21.1. The highest BCUT2D eigenvalue weighted by Crippen LogP contribution is 2.43. The summed E-state index contributed by atoms with van der Waals surface area (Å²) in [4.78, 5) is 45.3. The van der Waals surface area contributed by atoms with Crippen LogP contribution in [0.3, 0.4) is 0 Å². The molecule has 2 heterocycles. The largest absolute Gasteiger partial charge is 0.507 e. The van der Waals surface area contributed by atoms with Crippen LogP contribution in [0.4, 0.5) is 0 Å². The molecule has 1 saturated heterocycles. The van der Waals surface area contributed by atoms with Gasteiger partial charge < -0.3 is 29.4 Å². The SMILES string of the molecule is CCOC(=O)c1[nH]c(C)c(/C(O)=C2\C(=O)C(=O)N(CCCN(C)C)C2c2ccccc2OC)c1C. The van der Waals surface area contributed by atoms with E-state index in [0.29, 0.717) is 41.1 Å². The minimum absolute atomic E-state index is 0.0371. The number of aliphatic hydroxyl groups excluding tert-OH is 1. The molecule has 2 N–H and O–H groups in total. The van der Waals surface area contributed by atoms with Crippen LogP contribution in [0.2, 0.25) is 0 Å². The van der Waals surface area contributed by atoms with Crippen molar-refractivity contribution in [2.45, 2.75) is 33.2 Å². The fourth-order valence-electron chi connectivity index (χ4n) is 4.53. The summed E-state index contributed by atoms with van der Waals surface area (Å²) in [5.74, 6) is -1.86. The number of aryl methyl sites for hydroxylation is 1. The summed E-state index contributed by atoms with van der Waals surface area (Å²) in [5, 5.41) is 11.5. The van der Waals surface area contributed by atoms with Gasteiger partial charge in [-0.05, 0) is 59.5 Å². The number of carbonyl (C=O) groups is 3. The maximum absolute atomic E-state index is 13.3. The molecule has 0 aliphatic carbocycles. The molecule has 188 valence electrons. The highest BCUT2D eigenvalue weighted by Gasteiger charge is 2.47. The number of nitrogens with zero attached hydrogens (tertiary/aromatic N) is 2. The monoisotopic (exact) mass is 483 g/mol. The standard InChI is InChI=1S/C26H33N3O6/c1-7-35-26(33)21-15(2)19(16(3)27-21)23(30)20-22(17-11-8-9-12-18(17)34-6)29(25(32)24(20)31)14-10-13-28(4)5/h8-9,11-12,22,27,30H,7,10,13-14H2,1-6H3/b23-20+. The van der Waals surface area contributed by atoms with E-state index in [4.69, 9.17) is 9.47 Å². The second kappa shape index (κ2) is 10.8. The number of H-pyrrole nitrogens is 1. The molecule has 1 aliphatic rings. The fraction of sp³-hybridized carbons (Fsp3) is 0.423. The lowest BCUT2D eigenvalue weighted by atomic mass is 9.93. The number of carbonyl (C=O) groups excluding carboxylic acids is 3. The van der Waals surface area contributed by atoms with Crippen LogP contribution in [0.15, 0.2) is 29.8 Å². The first-order valence-electron chi connectivity index (χ1n) is 11.6. The van der Waals surface area contributed by atoms with Crippen molar-refractivity contribution in [3.8, 4) is 5.75 Å². The van der Waals surface area contributed by atoms with E-state index in [9.17, 15) is 19.5 Å². The van der Waals surface area contributed by atoms with Gasteiger partial charge in [0.05, 0.1) is 25.3 Å². The third kappa shape index (κ3) is 4.95. The molecule has 1 fully saturated rings.